The molecular formula is C16H20ClFN2. The van der Waals surface area contributed by atoms with Crippen molar-refractivity contribution in [2.45, 2.75) is 26.4 Å². The second-order valence-corrected chi connectivity index (χ2v) is 5.80. The normalized spacial score (nSPS) is 12.9. The fraction of sp³-hybridized carbons (Fsp3) is 0.375. The largest absolute Gasteiger partial charge is 0.349 e. The molecule has 2 rings (SSSR count). The Balaban J connectivity index is 2.19. The smallest absolute Gasteiger partial charge is 0.128 e. The van der Waals surface area contributed by atoms with Crippen LogP contribution in [-0.4, -0.2) is 11.6 Å². The van der Waals surface area contributed by atoms with Crippen molar-refractivity contribution < 1.29 is 4.39 Å². The van der Waals surface area contributed by atoms with Gasteiger partial charge in [-0.15, -0.1) is 0 Å². The molecule has 0 spiro atoms. The highest BCUT2D eigenvalue weighted by Gasteiger charge is 2.14. The molecule has 108 valence electrons. The highest BCUT2D eigenvalue weighted by atomic mass is 35.5. The van der Waals surface area contributed by atoms with Gasteiger partial charge < -0.3 is 9.88 Å². The lowest BCUT2D eigenvalue weighted by molar-refractivity contribution is 0.442. The SMILES string of the molecule is CNC(c1ccn(Cc2cc(Cl)ccc2F)c1)C(C)C. The third kappa shape index (κ3) is 3.41. The van der Waals surface area contributed by atoms with Crippen LogP contribution in [0, 0.1) is 11.7 Å². The van der Waals surface area contributed by atoms with Crippen molar-refractivity contribution in [2.24, 2.45) is 5.92 Å². The third-order valence-electron chi connectivity index (χ3n) is 3.47. The van der Waals surface area contributed by atoms with Crippen molar-refractivity contribution in [2.75, 3.05) is 7.05 Å². The molecule has 0 fully saturated rings. The summed E-state index contributed by atoms with van der Waals surface area (Å²) in [6, 6.07) is 7.03. The van der Waals surface area contributed by atoms with Crippen LogP contribution >= 0.6 is 11.6 Å². The molecule has 0 saturated carbocycles. The number of nitrogens with zero attached hydrogens (tertiary/aromatic N) is 1. The van der Waals surface area contributed by atoms with Crippen molar-refractivity contribution >= 4 is 11.6 Å². The highest BCUT2D eigenvalue weighted by Crippen LogP contribution is 2.22. The molecule has 0 aliphatic carbocycles. The molecule has 0 aliphatic heterocycles. The first kappa shape index (κ1) is 15.1. The van der Waals surface area contributed by atoms with E-state index in [4.69, 9.17) is 11.6 Å². The van der Waals surface area contributed by atoms with E-state index in [1.807, 2.05) is 17.8 Å². The Bertz CT molecular complexity index is 578. The van der Waals surface area contributed by atoms with Crippen LogP contribution in [0.15, 0.2) is 36.7 Å². The van der Waals surface area contributed by atoms with Gasteiger partial charge in [0.2, 0.25) is 0 Å². The van der Waals surface area contributed by atoms with E-state index in [0.717, 1.165) is 0 Å². The number of aromatic nitrogens is 1. The summed E-state index contributed by atoms with van der Waals surface area (Å²) in [5.74, 6) is 0.275. The monoisotopic (exact) mass is 294 g/mol. The lowest BCUT2D eigenvalue weighted by Crippen LogP contribution is -2.21. The van der Waals surface area contributed by atoms with Crippen molar-refractivity contribution in [3.05, 3.63) is 58.6 Å². The zero-order valence-electron chi connectivity index (χ0n) is 12.0. The fourth-order valence-corrected chi connectivity index (χ4v) is 2.68. The summed E-state index contributed by atoms with van der Waals surface area (Å²) in [5.41, 5.74) is 1.81. The predicted octanol–water partition coefficient (Wildman–Crippen LogP) is 4.25. The Morgan fingerprint density at radius 2 is 2.05 bits per heavy atom. The topological polar surface area (TPSA) is 17.0 Å². The van der Waals surface area contributed by atoms with Crippen LogP contribution in [0.3, 0.4) is 0 Å². The number of rotatable bonds is 5. The average Bonchev–Trinajstić information content (AvgIpc) is 2.82. The molecule has 1 aromatic heterocycles. The van der Waals surface area contributed by atoms with E-state index in [1.165, 1.54) is 11.6 Å². The van der Waals surface area contributed by atoms with Crippen LogP contribution < -0.4 is 5.32 Å². The molecule has 2 aromatic rings. The zero-order valence-corrected chi connectivity index (χ0v) is 12.8. The lowest BCUT2D eigenvalue weighted by atomic mass is 9.99. The van der Waals surface area contributed by atoms with Crippen LogP contribution in [0.2, 0.25) is 5.02 Å². The van der Waals surface area contributed by atoms with E-state index in [1.54, 1.807) is 12.1 Å². The van der Waals surface area contributed by atoms with E-state index in [0.29, 0.717) is 29.1 Å². The van der Waals surface area contributed by atoms with Gasteiger partial charge in [-0.3, -0.25) is 0 Å². The van der Waals surface area contributed by atoms with E-state index < -0.39 is 0 Å². The summed E-state index contributed by atoms with van der Waals surface area (Å²) in [4.78, 5) is 0. The molecule has 1 heterocycles. The standard InChI is InChI=1S/C16H20ClFN2/c1-11(2)16(19-3)12-6-7-20(9-12)10-13-8-14(17)4-5-15(13)18/h4-9,11,16,19H,10H2,1-3H3. The Kier molecular flexibility index (Phi) is 4.84. The molecule has 2 nitrogen and oxygen atoms in total. The molecule has 1 aromatic carbocycles. The van der Waals surface area contributed by atoms with Crippen molar-refractivity contribution in [1.82, 2.24) is 9.88 Å². The van der Waals surface area contributed by atoms with Crippen molar-refractivity contribution in [3.8, 4) is 0 Å². The molecule has 0 bridgehead atoms. The Hall–Kier alpha value is -1.32. The van der Waals surface area contributed by atoms with Gasteiger partial charge in [0.15, 0.2) is 0 Å². The van der Waals surface area contributed by atoms with Crippen LogP contribution in [0.4, 0.5) is 4.39 Å². The van der Waals surface area contributed by atoms with Gasteiger partial charge in [-0.05, 0) is 42.8 Å². The van der Waals surface area contributed by atoms with E-state index in [-0.39, 0.29) is 5.82 Å². The second-order valence-electron chi connectivity index (χ2n) is 5.36. The molecule has 4 heteroatoms. The minimum absolute atomic E-state index is 0.223. The number of halogens is 2. The highest BCUT2D eigenvalue weighted by molar-refractivity contribution is 6.30. The first-order valence-corrected chi connectivity index (χ1v) is 7.16. The van der Waals surface area contributed by atoms with Gasteiger partial charge in [0, 0.05) is 35.6 Å². The molecule has 1 N–H and O–H groups in total. The van der Waals surface area contributed by atoms with Crippen LogP contribution in [0.1, 0.15) is 31.0 Å². The molecule has 0 amide bonds. The summed E-state index contributed by atoms with van der Waals surface area (Å²) in [6.45, 7) is 4.84. The predicted molar refractivity (Wildman–Crippen MR) is 81.6 cm³/mol. The maximum absolute atomic E-state index is 13.7. The van der Waals surface area contributed by atoms with Crippen LogP contribution in [-0.2, 0) is 6.54 Å². The zero-order chi connectivity index (χ0) is 14.7. The number of hydrogen-bond acceptors (Lipinski definition) is 1. The molecule has 20 heavy (non-hydrogen) atoms. The second kappa shape index (κ2) is 6.42. The minimum Gasteiger partial charge on any atom is -0.349 e. The van der Waals surface area contributed by atoms with E-state index in [9.17, 15) is 4.39 Å². The molecule has 0 aliphatic rings. The van der Waals surface area contributed by atoms with Gasteiger partial charge in [-0.25, -0.2) is 4.39 Å². The summed E-state index contributed by atoms with van der Waals surface area (Å²) in [7, 11) is 1.96. The maximum atomic E-state index is 13.7. The Morgan fingerprint density at radius 1 is 1.30 bits per heavy atom. The van der Waals surface area contributed by atoms with Gasteiger partial charge in [-0.1, -0.05) is 25.4 Å². The van der Waals surface area contributed by atoms with E-state index in [2.05, 4.69) is 31.4 Å². The van der Waals surface area contributed by atoms with Crippen molar-refractivity contribution in [1.29, 1.82) is 0 Å². The number of hydrogen-bond donors (Lipinski definition) is 1. The first-order chi connectivity index (χ1) is 9.51. The maximum Gasteiger partial charge on any atom is 0.128 e. The lowest BCUT2D eigenvalue weighted by Gasteiger charge is -2.18. The van der Waals surface area contributed by atoms with Crippen molar-refractivity contribution in [3.63, 3.8) is 0 Å². The Labute approximate surface area is 124 Å². The third-order valence-corrected chi connectivity index (χ3v) is 3.71. The molecule has 1 unspecified atom stereocenters. The molecular weight excluding hydrogens is 275 g/mol. The van der Waals surface area contributed by atoms with Gasteiger partial charge in [0.25, 0.3) is 0 Å². The van der Waals surface area contributed by atoms with Crippen LogP contribution in [0.25, 0.3) is 0 Å². The van der Waals surface area contributed by atoms with Gasteiger partial charge in [-0.2, -0.15) is 0 Å². The fourth-order valence-electron chi connectivity index (χ4n) is 2.49. The molecule has 0 radical (unpaired) electrons. The molecule has 1 atom stereocenters. The quantitative estimate of drug-likeness (QED) is 0.872. The van der Waals surface area contributed by atoms with Crippen LogP contribution in [0.5, 0.6) is 0 Å². The number of benzene rings is 1. The molecule has 0 saturated heterocycles. The first-order valence-electron chi connectivity index (χ1n) is 6.78. The van der Waals surface area contributed by atoms with Gasteiger partial charge in [0.1, 0.15) is 5.82 Å². The number of nitrogens with one attached hydrogen (secondary N) is 1. The van der Waals surface area contributed by atoms with E-state index >= 15 is 0 Å². The van der Waals surface area contributed by atoms with Gasteiger partial charge >= 0.3 is 0 Å². The Morgan fingerprint density at radius 3 is 2.70 bits per heavy atom. The minimum atomic E-state index is -0.223. The van der Waals surface area contributed by atoms with Gasteiger partial charge in [0.05, 0.1) is 0 Å². The summed E-state index contributed by atoms with van der Waals surface area (Å²) < 4.78 is 15.7. The summed E-state index contributed by atoms with van der Waals surface area (Å²) in [5, 5.41) is 3.87. The average molecular weight is 295 g/mol. The summed E-state index contributed by atoms with van der Waals surface area (Å²) >= 11 is 5.92. The summed E-state index contributed by atoms with van der Waals surface area (Å²) in [6.07, 6.45) is 4.03.